The Balaban J connectivity index is 1.38. The molecule has 2 aromatic heterocycles. The zero-order valence-electron chi connectivity index (χ0n) is 40.5. The Morgan fingerprint density at radius 2 is 1.03 bits per heavy atom. The predicted molar refractivity (Wildman–Crippen MR) is 272 cm³/mol. The van der Waals surface area contributed by atoms with Crippen LogP contribution in [0.25, 0.3) is 72.7 Å². The molecule has 4 nitrogen and oxygen atoms in total. The average Bonchev–Trinajstić information content (AvgIpc) is 3.63. The predicted octanol–water partition coefficient (Wildman–Crippen LogP) is 16.3. The first-order valence-electron chi connectivity index (χ1n) is 22.8. The lowest BCUT2D eigenvalue weighted by atomic mass is 9.83. The van der Waals surface area contributed by atoms with Gasteiger partial charge in [0.25, 0.3) is 0 Å². The van der Waals surface area contributed by atoms with Gasteiger partial charge >= 0.3 is 0 Å². The van der Waals surface area contributed by atoms with Crippen molar-refractivity contribution in [1.82, 2.24) is 14.5 Å². The first kappa shape index (κ1) is 44.4. The summed E-state index contributed by atoms with van der Waals surface area (Å²) in [5, 5.41) is 11.9. The van der Waals surface area contributed by atoms with E-state index in [0.29, 0.717) is 11.4 Å². The molecule has 0 aliphatic heterocycles. The van der Waals surface area contributed by atoms with E-state index in [0.717, 1.165) is 66.9 Å². The van der Waals surface area contributed by atoms with Crippen molar-refractivity contribution < 1.29 is 5.11 Å². The molecule has 0 aliphatic rings. The SMILES string of the molecule is Cc1cc(C)c(O)c(-c2nc3c(-c4cc(-c5cc(-c6ccc(C(C)(C)C)cc6)ccn5)cc(C(C)(C)C)c4)cccc3n2-c2ccc(C(C)(C)C)cc2-c2ccc(C(C)(C)C)cc2)c1. The number of para-hydroxylation sites is 1. The van der Waals surface area contributed by atoms with Gasteiger partial charge in [-0.25, -0.2) is 4.98 Å². The quantitative estimate of drug-likeness (QED) is 0.181. The number of nitrogens with zero attached hydrogens (tertiary/aromatic N) is 3. The van der Waals surface area contributed by atoms with E-state index in [1.807, 2.05) is 19.2 Å². The Morgan fingerprint density at radius 3 is 1.64 bits per heavy atom. The molecule has 0 spiro atoms. The summed E-state index contributed by atoms with van der Waals surface area (Å²) >= 11 is 0. The summed E-state index contributed by atoms with van der Waals surface area (Å²) in [4.78, 5) is 10.6. The van der Waals surface area contributed by atoms with Crippen LogP contribution in [0.3, 0.4) is 0 Å². The van der Waals surface area contributed by atoms with Gasteiger partial charge in [-0.1, -0.05) is 162 Å². The minimum absolute atomic E-state index is 0.0285. The highest BCUT2D eigenvalue weighted by Gasteiger charge is 2.26. The molecular formula is C60H65N3O. The third-order valence-electron chi connectivity index (χ3n) is 12.8. The molecule has 0 saturated carbocycles. The van der Waals surface area contributed by atoms with E-state index in [1.165, 1.54) is 27.8 Å². The lowest BCUT2D eigenvalue weighted by molar-refractivity contribution is 0.472. The number of hydrogen-bond acceptors (Lipinski definition) is 3. The van der Waals surface area contributed by atoms with Crippen molar-refractivity contribution in [1.29, 1.82) is 0 Å². The summed E-state index contributed by atoms with van der Waals surface area (Å²) < 4.78 is 2.27. The number of pyridine rings is 1. The van der Waals surface area contributed by atoms with Crippen LogP contribution in [0.15, 0.2) is 134 Å². The molecule has 64 heavy (non-hydrogen) atoms. The topological polar surface area (TPSA) is 50.9 Å². The minimum atomic E-state index is -0.138. The van der Waals surface area contributed by atoms with Crippen molar-refractivity contribution in [3.8, 4) is 67.5 Å². The van der Waals surface area contributed by atoms with Crippen molar-refractivity contribution in [3.05, 3.63) is 167 Å². The number of aryl methyl sites for hydroxylation is 2. The number of aromatic nitrogens is 3. The summed E-state index contributed by atoms with van der Waals surface area (Å²) in [6, 6.07) is 46.6. The molecule has 326 valence electrons. The smallest absolute Gasteiger partial charge is 0.149 e. The standard InChI is InChI=1S/C60H65N3O/c1-37-30-38(2)55(64)50(31-37)56-62-54-48(16-15-17-53(54)63(56)52-27-26-46(59(9,10)11)36-49(52)40-20-24-45(25-21-40)58(6,7)8)42-32-43(34-47(33-42)60(12,13)14)51-35-41(28-29-61-51)39-18-22-44(23-19-39)57(3,4)5/h15-36,64H,1-14H3. The van der Waals surface area contributed by atoms with E-state index in [1.54, 1.807) is 0 Å². The molecule has 6 aromatic carbocycles. The van der Waals surface area contributed by atoms with E-state index in [2.05, 4.69) is 216 Å². The van der Waals surface area contributed by atoms with Gasteiger partial charge in [-0.3, -0.25) is 9.55 Å². The van der Waals surface area contributed by atoms with Gasteiger partial charge in [-0.05, 0) is 140 Å². The fourth-order valence-corrected chi connectivity index (χ4v) is 8.76. The van der Waals surface area contributed by atoms with Crippen LogP contribution in [0, 0.1) is 13.8 Å². The number of rotatable bonds is 6. The fourth-order valence-electron chi connectivity index (χ4n) is 8.76. The monoisotopic (exact) mass is 844 g/mol. The molecule has 0 atom stereocenters. The lowest BCUT2D eigenvalue weighted by Gasteiger charge is -2.24. The van der Waals surface area contributed by atoms with Gasteiger partial charge in [-0.15, -0.1) is 0 Å². The zero-order chi connectivity index (χ0) is 46.1. The van der Waals surface area contributed by atoms with Gasteiger partial charge in [0, 0.05) is 22.9 Å². The van der Waals surface area contributed by atoms with Crippen LogP contribution in [0.1, 0.15) is 116 Å². The summed E-state index contributed by atoms with van der Waals surface area (Å²) in [6.45, 7) is 31.2. The fraction of sp³-hybridized carbons (Fsp3) is 0.300. The van der Waals surface area contributed by atoms with Gasteiger partial charge in [0.05, 0.1) is 28.0 Å². The van der Waals surface area contributed by atoms with Crippen LogP contribution in [-0.4, -0.2) is 19.6 Å². The third kappa shape index (κ3) is 8.68. The maximum atomic E-state index is 11.9. The minimum Gasteiger partial charge on any atom is -0.507 e. The molecule has 4 heteroatoms. The molecular weight excluding hydrogens is 779 g/mol. The molecule has 0 fully saturated rings. The Labute approximate surface area is 382 Å². The van der Waals surface area contributed by atoms with Crippen molar-refractivity contribution in [2.45, 2.75) is 119 Å². The van der Waals surface area contributed by atoms with E-state index in [4.69, 9.17) is 9.97 Å². The summed E-state index contributed by atoms with van der Waals surface area (Å²) in [5.74, 6) is 0.934. The Bertz CT molecular complexity index is 3030. The highest BCUT2D eigenvalue weighted by atomic mass is 16.3. The highest BCUT2D eigenvalue weighted by Crippen LogP contribution is 2.44. The molecule has 8 aromatic rings. The van der Waals surface area contributed by atoms with E-state index in [-0.39, 0.29) is 27.4 Å². The number of aromatic hydroxyl groups is 1. The Hall–Kier alpha value is -6.26. The largest absolute Gasteiger partial charge is 0.507 e. The van der Waals surface area contributed by atoms with Gasteiger partial charge in [0.1, 0.15) is 11.6 Å². The highest BCUT2D eigenvalue weighted by molar-refractivity contribution is 5.98. The van der Waals surface area contributed by atoms with E-state index in [9.17, 15) is 5.11 Å². The number of hydrogen-bond donors (Lipinski definition) is 1. The zero-order valence-corrected chi connectivity index (χ0v) is 40.5. The second kappa shape index (κ2) is 16.1. The number of imidazole rings is 1. The van der Waals surface area contributed by atoms with Crippen LogP contribution in [0.4, 0.5) is 0 Å². The second-order valence-electron chi connectivity index (χ2n) is 22.0. The van der Waals surface area contributed by atoms with Crippen molar-refractivity contribution >= 4 is 11.0 Å². The molecule has 0 saturated heterocycles. The number of fused-ring (bicyclic) bond motifs is 1. The Kier molecular flexibility index (Phi) is 11.1. The molecule has 8 rings (SSSR count). The molecule has 0 unspecified atom stereocenters. The van der Waals surface area contributed by atoms with E-state index < -0.39 is 0 Å². The summed E-state index contributed by atoms with van der Waals surface area (Å²) in [7, 11) is 0. The molecule has 0 amide bonds. The van der Waals surface area contributed by atoms with Crippen molar-refractivity contribution in [3.63, 3.8) is 0 Å². The third-order valence-corrected chi connectivity index (χ3v) is 12.8. The second-order valence-corrected chi connectivity index (χ2v) is 22.0. The lowest BCUT2D eigenvalue weighted by Crippen LogP contribution is -2.12. The number of phenolic OH excluding ortho intramolecular Hbond substituents is 1. The van der Waals surface area contributed by atoms with Crippen LogP contribution in [0.2, 0.25) is 0 Å². The maximum Gasteiger partial charge on any atom is 0.149 e. The first-order valence-corrected chi connectivity index (χ1v) is 22.8. The van der Waals surface area contributed by atoms with Crippen molar-refractivity contribution in [2.24, 2.45) is 0 Å². The molecule has 0 bridgehead atoms. The Morgan fingerprint density at radius 1 is 0.453 bits per heavy atom. The van der Waals surface area contributed by atoms with Crippen molar-refractivity contribution in [2.75, 3.05) is 0 Å². The molecule has 0 radical (unpaired) electrons. The summed E-state index contributed by atoms with van der Waals surface area (Å²) in [5.41, 5.74) is 19.0. The normalized spacial score (nSPS) is 12.6. The molecule has 0 aliphatic carbocycles. The van der Waals surface area contributed by atoms with E-state index >= 15 is 0 Å². The van der Waals surface area contributed by atoms with Crippen LogP contribution >= 0.6 is 0 Å². The van der Waals surface area contributed by atoms with Gasteiger partial charge < -0.3 is 5.11 Å². The van der Waals surface area contributed by atoms with Gasteiger partial charge in [0.15, 0.2) is 0 Å². The molecule has 2 heterocycles. The van der Waals surface area contributed by atoms with Crippen LogP contribution in [0.5, 0.6) is 5.75 Å². The summed E-state index contributed by atoms with van der Waals surface area (Å²) in [6.07, 6.45) is 1.93. The van der Waals surface area contributed by atoms with Crippen LogP contribution < -0.4 is 0 Å². The number of phenols is 1. The average molecular weight is 844 g/mol. The maximum absolute atomic E-state index is 11.9. The number of benzene rings is 6. The van der Waals surface area contributed by atoms with Gasteiger partial charge in [0.2, 0.25) is 0 Å². The van der Waals surface area contributed by atoms with Gasteiger partial charge in [-0.2, -0.15) is 0 Å². The van der Waals surface area contributed by atoms with Crippen LogP contribution in [-0.2, 0) is 21.7 Å². The molecule has 1 N–H and O–H groups in total. The first-order chi connectivity index (χ1) is 30.0.